The summed E-state index contributed by atoms with van der Waals surface area (Å²) in [5.74, 6) is 1.94. The van der Waals surface area contributed by atoms with E-state index in [2.05, 4.69) is 15.8 Å². The van der Waals surface area contributed by atoms with Crippen LogP contribution in [0.1, 0.15) is 44.1 Å². The third-order valence-corrected chi connectivity index (χ3v) is 6.20. The van der Waals surface area contributed by atoms with Crippen molar-refractivity contribution in [3.63, 3.8) is 0 Å². The first-order valence-corrected chi connectivity index (χ1v) is 9.42. The van der Waals surface area contributed by atoms with Gasteiger partial charge in [0.05, 0.1) is 12.8 Å². The fraction of sp³-hybridized carbons (Fsp3) is 0.550. The first kappa shape index (κ1) is 17.1. The van der Waals surface area contributed by atoms with E-state index >= 15 is 0 Å². The molecule has 6 heteroatoms. The molecule has 4 bridgehead atoms. The number of carbonyl (C=O) groups is 2. The molecule has 6 nitrogen and oxygen atoms in total. The van der Waals surface area contributed by atoms with Crippen LogP contribution in [0, 0.1) is 23.2 Å². The Kier molecular flexibility index (Phi) is 4.42. The zero-order valence-electron chi connectivity index (χ0n) is 14.8. The predicted octanol–water partition coefficient (Wildman–Crippen LogP) is 2.17. The lowest BCUT2D eigenvalue weighted by molar-refractivity contribution is -0.147. The minimum Gasteiger partial charge on any atom is -0.508 e. The standard InChI is InChI=1S/C20H25N3O3/c24-17-3-1-2-13(7-17)11-22-23-18(25)12-21-19(26)20-8-14-4-15(9-20)6-16(5-14)10-20/h1-3,7,11,14-16,24H,4-6,8-10,12H2,(H,21,26)(H,23,25). The summed E-state index contributed by atoms with van der Waals surface area (Å²) in [5.41, 5.74) is 2.86. The van der Waals surface area contributed by atoms with Crippen LogP contribution < -0.4 is 10.7 Å². The molecule has 0 radical (unpaired) electrons. The van der Waals surface area contributed by atoms with Crippen molar-refractivity contribution in [3.8, 4) is 5.75 Å². The summed E-state index contributed by atoms with van der Waals surface area (Å²) in [4.78, 5) is 24.7. The molecule has 0 spiro atoms. The summed E-state index contributed by atoms with van der Waals surface area (Å²) in [5, 5.41) is 16.1. The van der Waals surface area contributed by atoms with Crippen molar-refractivity contribution in [2.75, 3.05) is 6.54 Å². The van der Waals surface area contributed by atoms with Crippen molar-refractivity contribution < 1.29 is 14.7 Å². The Morgan fingerprint density at radius 1 is 1.15 bits per heavy atom. The minimum absolute atomic E-state index is 0.0451. The number of aromatic hydroxyl groups is 1. The third-order valence-electron chi connectivity index (χ3n) is 6.20. The molecule has 4 fully saturated rings. The second-order valence-electron chi connectivity index (χ2n) is 8.27. The molecule has 0 atom stereocenters. The van der Waals surface area contributed by atoms with E-state index in [9.17, 15) is 14.7 Å². The van der Waals surface area contributed by atoms with E-state index in [1.807, 2.05) is 0 Å². The average molecular weight is 355 g/mol. The van der Waals surface area contributed by atoms with Crippen LogP contribution in [-0.4, -0.2) is 29.7 Å². The summed E-state index contributed by atoms with van der Waals surface area (Å²) >= 11 is 0. The molecule has 26 heavy (non-hydrogen) atoms. The van der Waals surface area contributed by atoms with Gasteiger partial charge in [-0.15, -0.1) is 0 Å². The predicted molar refractivity (Wildman–Crippen MR) is 97.5 cm³/mol. The zero-order valence-corrected chi connectivity index (χ0v) is 14.8. The number of benzene rings is 1. The van der Waals surface area contributed by atoms with Gasteiger partial charge in [-0.2, -0.15) is 5.10 Å². The highest BCUT2D eigenvalue weighted by molar-refractivity contribution is 5.89. The van der Waals surface area contributed by atoms with E-state index < -0.39 is 0 Å². The second kappa shape index (κ2) is 6.74. The van der Waals surface area contributed by atoms with Crippen LogP contribution in [0.4, 0.5) is 0 Å². The molecule has 5 rings (SSSR count). The van der Waals surface area contributed by atoms with Gasteiger partial charge in [-0.05, 0) is 74.0 Å². The summed E-state index contributed by atoms with van der Waals surface area (Å²) in [6, 6.07) is 6.58. The molecule has 3 N–H and O–H groups in total. The highest BCUT2D eigenvalue weighted by Gasteiger charge is 2.54. The quantitative estimate of drug-likeness (QED) is 0.558. The van der Waals surface area contributed by atoms with Crippen LogP contribution >= 0.6 is 0 Å². The van der Waals surface area contributed by atoms with Crippen LogP contribution in [0.3, 0.4) is 0 Å². The Hall–Kier alpha value is -2.37. The Labute approximate surface area is 153 Å². The highest BCUT2D eigenvalue weighted by Crippen LogP contribution is 2.60. The summed E-state index contributed by atoms with van der Waals surface area (Å²) in [7, 11) is 0. The lowest BCUT2D eigenvalue weighted by Gasteiger charge is -2.55. The van der Waals surface area contributed by atoms with Gasteiger partial charge in [0.1, 0.15) is 5.75 Å². The third kappa shape index (κ3) is 3.45. The summed E-state index contributed by atoms with van der Waals surface area (Å²) in [6.07, 6.45) is 8.29. The molecule has 1 aromatic rings. The van der Waals surface area contributed by atoms with Crippen LogP contribution in [0.5, 0.6) is 5.75 Å². The molecule has 2 amide bonds. The number of rotatable bonds is 5. The molecule has 1 aromatic carbocycles. The molecule has 0 saturated heterocycles. The van der Waals surface area contributed by atoms with Gasteiger partial charge in [0, 0.05) is 5.41 Å². The van der Waals surface area contributed by atoms with E-state index in [4.69, 9.17) is 0 Å². The number of hydrogen-bond acceptors (Lipinski definition) is 4. The Morgan fingerprint density at radius 3 is 2.42 bits per heavy atom. The molecule has 0 aliphatic heterocycles. The molecule has 4 saturated carbocycles. The Morgan fingerprint density at radius 2 is 1.81 bits per heavy atom. The Balaban J connectivity index is 1.27. The van der Waals surface area contributed by atoms with E-state index in [1.165, 1.54) is 25.5 Å². The molecule has 4 aliphatic rings. The summed E-state index contributed by atoms with van der Waals surface area (Å²) in [6.45, 7) is -0.0576. The second-order valence-corrected chi connectivity index (χ2v) is 8.27. The number of hydrazone groups is 1. The maximum absolute atomic E-state index is 12.8. The van der Waals surface area contributed by atoms with Gasteiger partial charge in [0.25, 0.3) is 5.91 Å². The number of nitrogens with one attached hydrogen (secondary N) is 2. The van der Waals surface area contributed by atoms with Crippen molar-refractivity contribution in [3.05, 3.63) is 29.8 Å². The number of nitrogens with zero attached hydrogens (tertiary/aromatic N) is 1. The lowest BCUT2D eigenvalue weighted by Crippen LogP contribution is -2.54. The van der Waals surface area contributed by atoms with Gasteiger partial charge < -0.3 is 10.4 Å². The fourth-order valence-corrected chi connectivity index (χ4v) is 5.56. The topological polar surface area (TPSA) is 90.8 Å². The van der Waals surface area contributed by atoms with E-state index in [0.717, 1.165) is 19.3 Å². The molecule has 0 unspecified atom stereocenters. The van der Waals surface area contributed by atoms with E-state index in [-0.39, 0.29) is 29.5 Å². The maximum atomic E-state index is 12.8. The van der Waals surface area contributed by atoms with Gasteiger partial charge in [0.2, 0.25) is 5.91 Å². The first-order valence-electron chi connectivity index (χ1n) is 9.42. The van der Waals surface area contributed by atoms with Crippen molar-refractivity contribution >= 4 is 18.0 Å². The zero-order chi connectivity index (χ0) is 18.1. The van der Waals surface area contributed by atoms with Crippen LogP contribution in [0.25, 0.3) is 0 Å². The van der Waals surface area contributed by atoms with Gasteiger partial charge in [-0.1, -0.05) is 12.1 Å². The van der Waals surface area contributed by atoms with Gasteiger partial charge in [-0.25, -0.2) is 5.43 Å². The van der Waals surface area contributed by atoms with Crippen molar-refractivity contribution in [1.29, 1.82) is 0 Å². The Bertz CT molecular complexity index is 708. The average Bonchev–Trinajstić information content (AvgIpc) is 2.58. The van der Waals surface area contributed by atoms with Crippen molar-refractivity contribution in [1.82, 2.24) is 10.7 Å². The summed E-state index contributed by atoms with van der Waals surface area (Å²) < 4.78 is 0. The van der Waals surface area contributed by atoms with Crippen LogP contribution in [-0.2, 0) is 9.59 Å². The maximum Gasteiger partial charge on any atom is 0.259 e. The number of amides is 2. The molecular formula is C20H25N3O3. The number of phenols is 1. The van der Waals surface area contributed by atoms with Crippen LogP contribution in [0.2, 0.25) is 0 Å². The highest BCUT2D eigenvalue weighted by atomic mass is 16.3. The number of hydrogen-bond donors (Lipinski definition) is 3. The molecule has 0 heterocycles. The SMILES string of the molecule is O=C(CNC(=O)C12CC3CC(CC(C3)C1)C2)NN=Cc1cccc(O)c1. The van der Waals surface area contributed by atoms with Crippen molar-refractivity contribution in [2.24, 2.45) is 28.3 Å². The van der Waals surface area contributed by atoms with Crippen molar-refractivity contribution in [2.45, 2.75) is 38.5 Å². The molecule has 4 aliphatic carbocycles. The van der Waals surface area contributed by atoms with Gasteiger partial charge in [0.15, 0.2) is 0 Å². The van der Waals surface area contributed by atoms with E-state index in [0.29, 0.717) is 23.3 Å². The monoisotopic (exact) mass is 355 g/mol. The molecular weight excluding hydrogens is 330 g/mol. The lowest BCUT2D eigenvalue weighted by atomic mass is 9.49. The van der Waals surface area contributed by atoms with Crippen LogP contribution in [0.15, 0.2) is 29.4 Å². The minimum atomic E-state index is -0.348. The number of phenolic OH excluding ortho intramolecular Hbond substituents is 1. The van der Waals surface area contributed by atoms with Gasteiger partial charge >= 0.3 is 0 Å². The smallest absolute Gasteiger partial charge is 0.259 e. The molecule has 138 valence electrons. The fourth-order valence-electron chi connectivity index (χ4n) is 5.56. The largest absolute Gasteiger partial charge is 0.508 e. The first-order chi connectivity index (χ1) is 12.5. The number of carbonyl (C=O) groups excluding carboxylic acids is 2. The van der Waals surface area contributed by atoms with E-state index in [1.54, 1.807) is 24.3 Å². The normalized spacial score (nSPS) is 31.9. The van der Waals surface area contributed by atoms with Gasteiger partial charge in [-0.3, -0.25) is 9.59 Å². The molecule has 0 aromatic heterocycles.